The summed E-state index contributed by atoms with van der Waals surface area (Å²) in [5.41, 5.74) is 0.115. The molecule has 5 nitrogen and oxygen atoms in total. The highest BCUT2D eigenvalue weighted by molar-refractivity contribution is 8.16. The van der Waals surface area contributed by atoms with Crippen molar-refractivity contribution in [3.05, 3.63) is 29.8 Å². The average Bonchev–Trinajstić information content (AvgIpc) is 3.11. The van der Waals surface area contributed by atoms with Crippen LogP contribution in [-0.2, 0) is 9.59 Å². The van der Waals surface area contributed by atoms with E-state index in [-0.39, 0.29) is 6.61 Å². The molecule has 8 heteroatoms. The lowest BCUT2D eigenvalue weighted by atomic mass is 9.99. The first-order chi connectivity index (χ1) is 12.1. The van der Waals surface area contributed by atoms with Gasteiger partial charge in [-0.25, -0.2) is 4.79 Å². The van der Waals surface area contributed by atoms with Crippen LogP contribution < -0.4 is 10.1 Å². The number of carbonyl (C=O) groups is 2. The monoisotopic (exact) mass is 399 g/mol. The number of thioether (sulfide) groups is 3. The summed E-state index contributed by atoms with van der Waals surface area (Å²) < 4.78 is 5.99. The highest BCUT2D eigenvalue weighted by atomic mass is 32.2. The third kappa shape index (κ3) is 4.80. The Morgan fingerprint density at radius 2 is 1.92 bits per heavy atom. The van der Waals surface area contributed by atoms with Gasteiger partial charge < -0.3 is 15.2 Å². The van der Waals surface area contributed by atoms with Gasteiger partial charge in [-0.15, -0.1) is 23.5 Å². The number of nitrogens with one attached hydrogen (secondary N) is 1. The Labute approximate surface area is 160 Å². The summed E-state index contributed by atoms with van der Waals surface area (Å²) in [5, 5.41) is 12.0. The van der Waals surface area contributed by atoms with Gasteiger partial charge in [-0.05, 0) is 47.8 Å². The smallest absolute Gasteiger partial charge is 0.330 e. The maximum absolute atomic E-state index is 12.1. The summed E-state index contributed by atoms with van der Waals surface area (Å²) in [7, 11) is 0. The van der Waals surface area contributed by atoms with E-state index in [0.717, 1.165) is 5.75 Å². The van der Waals surface area contributed by atoms with Gasteiger partial charge in [0.25, 0.3) is 5.91 Å². The number of hydrogen-bond acceptors (Lipinski definition) is 6. The summed E-state index contributed by atoms with van der Waals surface area (Å²) >= 11 is 5.46. The molecule has 2 N–H and O–H groups in total. The van der Waals surface area contributed by atoms with Gasteiger partial charge in [0, 0.05) is 5.75 Å². The second-order valence-electron chi connectivity index (χ2n) is 6.02. The fourth-order valence-electron chi connectivity index (χ4n) is 2.74. The van der Waals surface area contributed by atoms with Crippen LogP contribution in [0.15, 0.2) is 24.3 Å². The maximum Gasteiger partial charge on any atom is 0.330 e. The molecule has 3 rings (SSSR count). The molecule has 25 heavy (non-hydrogen) atoms. The van der Waals surface area contributed by atoms with Crippen LogP contribution in [0.25, 0.3) is 0 Å². The first-order valence-electron chi connectivity index (χ1n) is 8.17. The highest BCUT2D eigenvalue weighted by Gasteiger charge is 2.43. The second-order valence-corrected chi connectivity index (χ2v) is 9.85. The summed E-state index contributed by atoms with van der Waals surface area (Å²) in [6.45, 7) is -0.175. The third-order valence-electron chi connectivity index (χ3n) is 4.16. The van der Waals surface area contributed by atoms with Crippen LogP contribution in [0.1, 0.15) is 23.0 Å². The van der Waals surface area contributed by atoms with E-state index >= 15 is 0 Å². The topological polar surface area (TPSA) is 75.6 Å². The molecule has 136 valence electrons. The van der Waals surface area contributed by atoms with Crippen molar-refractivity contribution in [1.82, 2.24) is 5.32 Å². The quantitative estimate of drug-likeness (QED) is 0.761. The number of aliphatic carboxylic acids is 1. The summed E-state index contributed by atoms with van der Waals surface area (Å²) in [4.78, 5) is 23.5. The largest absolute Gasteiger partial charge is 0.484 e. The molecule has 0 spiro atoms. The molecule has 0 saturated carbocycles. The Morgan fingerprint density at radius 1 is 1.20 bits per heavy atom. The third-order valence-corrected chi connectivity index (χ3v) is 8.36. The van der Waals surface area contributed by atoms with Crippen LogP contribution in [0.2, 0.25) is 0 Å². The molecule has 0 bridgehead atoms. The van der Waals surface area contributed by atoms with Crippen molar-refractivity contribution in [2.45, 2.75) is 23.0 Å². The molecular formula is C17H21NO4S3. The number of carbonyl (C=O) groups excluding carboxylic acids is 1. The summed E-state index contributed by atoms with van der Waals surface area (Å²) in [6, 6.07) is 7.82. The van der Waals surface area contributed by atoms with Gasteiger partial charge >= 0.3 is 5.97 Å². The minimum atomic E-state index is -1.15. The molecule has 2 fully saturated rings. The normalized spacial score (nSPS) is 24.0. The predicted octanol–water partition coefficient (Wildman–Crippen LogP) is 3.01. The van der Waals surface area contributed by atoms with Gasteiger partial charge in [0.05, 0.1) is 4.58 Å². The summed E-state index contributed by atoms with van der Waals surface area (Å²) in [6.07, 6.45) is 1.71. The molecule has 1 amide bonds. The number of amides is 1. The number of benzene rings is 1. The van der Waals surface area contributed by atoms with Gasteiger partial charge in [0.2, 0.25) is 0 Å². The van der Waals surface area contributed by atoms with E-state index in [0.29, 0.717) is 22.5 Å². The second kappa shape index (κ2) is 8.60. The maximum atomic E-state index is 12.1. The number of carboxylic acid groups (broad SMARTS) is 1. The van der Waals surface area contributed by atoms with Crippen molar-refractivity contribution < 1.29 is 19.4 Å². The fourth-order valence-corrected chi connectivity index (χ4v) is 6.96. The Balaban J connectivity index is 1.51. The zero-order chi connectivity index (χ0) is 17.7. The standard InChI is InChI=1S/C17H21NO4S3/c19-14(18-17(16(20)21)6-9-23-11-17)10-22-13-4-2-12(3-5-13)15-24-7-1-8-25-15/h2-5,15H,1,6-11H2,(H,18,19)(H,20,21). The predicted molar refractivity (Wildman–Crippen MR) is 105 cm³/mol. The van der Waals surface area contributed by atoms with Crippen LogP contribution in [0.3, 0.4) is 0 Å². The lowest BCUT2D eigenvalue weighted by molar-refractivity contribution is -0.146. The molecule has 2 aliphatic heterocycles. The van der Waals surface area contributed by atoms with Crippen LogP contribution >= 0.6 is 35.3 Å². The number of carboxylic acids is 1. The van der Waals surface area contributed by atoms with E-state index in [4.69, 9.17) is 4.74 Å². The van der Waals surface area contributed by atoms with Crippen LogP contribution in [0, 0.1) is 0 Å². The van der Waals surface area contributed by atoms with E-state index in [1.165, 1.54) is 23.5 Å². The SMILES string of the molecule is O=C(COc1ccc(C2SCCCS2)cc1)NC1(C(=O)O)CCSC1. The summed E-state index contributed by atoms with van der Waals surface area (Å²) in [5.74, 6) is 2.78. The molecule has 1 unspecified atom stereocenters. The van der Waals surface area contributed by atoms with Gasteiger partial charge in [-0.2, -0.15) is 11.8 Å². The van der Waals surface area contributed by atoms with Crippen molar-refractivity contribution >= 4 is 47.2 Å². The molecule has 1 atom stereocenters. The van der Waals surface area contributed by atoms with Crippen LogP contribution in [0.4, 0.5) is 0 Å². The van der Waals surface area contributed by atoms with Gasteiger partial charge in [0.1, 0.15) is 11.3 Å². The molecule has 2 aliphatic rings. The van der Waals surface area contributed by atoms with E-state index in [2.05, 4.69) is 5.32 Å². The fraction of sp³-hybridized carbons (Fsp3) is 0.529. The van der Waals surface area contributed by atoms with Crippen molar-refractivity contribution in [3.63, 3.8) is 0 Å². The van der Waals surface area contributed by atoms with Gasteiger partial charge in [0.15, 0.2) is 6.61 Å². The Bertz CT molecular complexity index is 611. The minimum absolute atomic E-state index is 0.175. The molecular weight excluding hydrogens is 378 g/mol. The number of ether oxygens (including phenoxy) is 1. The molecule has 0 aliphatic carbocycles. The average molecular weight is 400 g/mol. The zero-order valence-electron chi connectivity index (χ0n) is 13.7. The van der Waals surface area contributed by atoms with Crippen molar-refractivity contribution in [2.75, 3.05) is 29.6 Å². The zero-order valence-corrected chi connectivity index (χ0v) is 16.2. The van der Waals surface area contributed by atoms with Crippen LogP contribution in [0.5, 0.6) is 5.75 Å². The molecule has 1 aromatic rings. The first kappa shape index (κ1) is 18.8. The highest BCUT2D eigenvalue weighted by Crippen LogP contribution is 2.43. The van der Waals surface area contributed by atoms with Crippen molar-refractivity contribution in [1.29, 1.82) is 0 Å². The minimum Gasteiger partial charge on any atom is -0.484 e. The Morgan fingerprint density at radius 3 is 2.52 bits per heavy atom. The lowest BCUT2D eigenvalue weighted by Gasteiger charge is -2.24. The Hall–Kier alpha value is -0.990. The van der Waals surface area contributed by atoms with E-state index in [1.807, 2.05) is 47.8 Å². The van der Waals surface area contributed by atoms with E-state index < -0.39 is 17.4 Å². The molecule has 2 heterocycles. The molecule has 1 aromatic carbocycles. The Kier molecular flexibility index (Phi) is 6.46. The molecule has 0 radical (unpaired) electrons. The van der Waals surface area contributed by atoms with Crippen molar-refractivity contribution in [3.8, 4) is 5.75 Å². The number of hydrogen-bond donors (Lipinski definition) is 2. The van der Waals surface area contributed by atoms with E-state index in [9.17, 15) is 14.7 Å². The lowest BCUT2D eigenvalue weighted by Crippen LogP contribution is -2.55. The van der Waals surface area contributed by atoms with Crippen molar-refractivity contribution in [2.24, 2.45) is 0 Å². The first-order valence-corrected chi connectivity index (χ1v) is 11.4. The van der Waals surface area contributed by atoms with Crippen LogP contribution in [-0.4, -0.2) is 52.1 Å². The van der Waals surface area contributed by atoms with Gasteiger partial charge in [-0.1, -0.05) is 12.1 Å². The van der Waals surface area contributed by atoms with Gasteiger partial charge in [-0.3, -0.25) is 4.79 Å². The van der Waals surface area contributed by atoms with E-state index in [1.54, 1.807) is 11.8 Å². The molecule has 2 saturated heterocycles. The number of rotatable bonds is 6. The molecule has 0 aromatic heterocycles.